The second kappa shape index (κ2) is 5.48. The van der Waals surface area contributed by atoms with Gasteiger partial charge in [0.1, 0.15) is 5.15 Å². The first kappa shape index (κ1) is 13.0. The molecule has 0 aliphatic carbocycles. The molecule has 0 aliphatic heterocycles. The van der Waals surface area contributed by atoms with Crippen LogP contribution in [-0.2, 0) is 20.9 Å². The summed E-state index contributed by atoms with van der Waals surface area (Å²) in [6.07, 6.45) is 1.48. The van der Waals surface area contributed by atoms with E-state index in [2.05, 4.69) is 4.98 Å². The van der Waals surface area contributed by atoms with E-state index < -0.39 is 10.1 Å². The van der Waals surface area contributed by atoms with Gasteiger partial charge in [0, 0.05) is 6.20 Å². The van der Waals surface area contributed by atoms with Crippen molar-refractivity contribution in [1.29, 1.82) is 0 Å². The molecule has 0 fully saturated rings. The lowest BCUT2D eigenvalue weighted by atomic mass is 10.3. The van der Waals surface area contributed by atoms with Crippen molar-refractivity contribution >= 4 is 21.7 Å². The highest BCUT2D eigenvalue weighted by molar-refractivity contribution is 7.86. The molecule has 0 saturated carbocycles. The maximum atomic E-state index is 11.8. The Balaban J connectivity index is 2.08. The van der Waals surface area contributed by atoms with E-state index in [4.69, 9.17) is 15.8 Å². The number of aromatic nitrogens is 1. The molecule has 1 aromatic carbocycles. The largest absolute Gasteiger partial charge is 0.297 e. The number of pyridine rings is 1. The molecule has 0 N–H and O–H groups in total. The van der Waals surface area contributed by atoms with E-state index in [1.807, 2.05) is 0 Å². The third-order valence-corrected chi connectivity index (χ3v) is 3.70. The van der Waals surface area contributed by atoms with Crippen molar-refractivity contribution in [2.75, 3.05) is 0 Å². The van der Waals surface area contributed by atoms with Crippen molar-refractivity contribution in [3.8, 4) is 0 Å². The molecule has 0 atom stereocenters. The molecular formula is C12H10ClNO3S. The molecule has 1 heterocycles. The van der Waals surface area contributed by atoms with Gasteiger partial charge in [0.15, 0.2) is 0 Å². The summed E-state index contributed by atoms with van der Waals surface area (Å²) >= 11 is 5.63. The predicted molar refractivity (Wildman–Crippen MR) is 67.7 cm³/mol. The van der Waals surface area contributed by atoms with Gasteiger partial charge in [-0.1, -0.05) is 35.9 Å². The van der Waals surface area contributed by atoms with Gasteiger partial charge in [0.25, 0.3) is 10.1 Å². The van der Waals surface area contributed by atoms with Crippen LogP contribution in [0.5, 0.6) is 0 Å². The van der Waals surface area contributed by atoms with Crippen LogP contribution >= 0.6 is 11.6 Å². The molecule has 0 amide bonds. The lowest BCUT2D eigenvalue weighted by Gasteiger charge is -2.05. The summed E-state index contributed by atoms with van der Waals surface area (Å²) in [4.78, 5) is 3.97. The zero-order chi connectivity index (χ0) is 13.0. The number of hydrogen-bond acceptors (Lipinski definition) is 4. The average molecular weight is 284 g/mol. The van der Waals surface area contributed by atoms with E-state index in [0.717, 1.165) is 0 Å². The van der Waals surface area contributed by atoms with E-state index in [9.17, 15) is 8.42 Å². The lowest BCUT2D eigenvalue weighted by molar-refractivity contribution is 0.307. The molecule has 1 aromatic heterocycles. The van der Waals surface area contributed by atoms with Crippen molar-refractivity contribution in [3.05, 3.63) is 59.4 Å². The highest BCUT2D eigenvalue weighted by Gasteiger charge is 2.14. The first-order chi connectivity index (χ1) is 8.58. The summed E-state index contributed by atoms with van der Waals surface area (Å²) in [5.41, 5.74) is 0.638. The maximum absolute atomic E-state index is 11.8. The number of benzene rings is 1. The smallest absolute Gasteiger partial charge is 0.261 e. The number of rotatable bonds is 4. The van der Waals surface area contributed by atoms with Gasteiger partial charge >= 0.3 is 0 Å². The number of nitrogens with zero attached hydrogens (tertiary/aromatic N) is 1. The molecule has 6 heteroatoms. The molecule has 0 bridgehead atoms. The van der Waals surface area contributed by atoms with Crippen LogP contribution in [0, 0.1) is 0 Å². The van der Waals surface area contributed by atoms with Gasteiger partial charge in [-0.15, -0.1) is 0 Å². The first-order valence-electron chi connectivity index (χ1n) is 5.13. The van der Waals surface area contributed by atoms with Crippen LogP contribution in [0.25, 0.3) is 0 Å². The molecule has 0 unspecified atom stereocenters. The molecule has 4 nitrogen and oxygen atoms in total. The molecule has 2 aromatic rings. The third-order valence-electron chi connectivity index (χ3n) is 2.20. The zero-order valence-electron chi connectivity index (χ0n) is 9.28. The minimum Gasteiger partial charge on any atom is -0.261 e. The Hall–Kier alpha value is -1.43. The van der Waals surface area contributed by atoms with Crippen molar-refractivity contribution in [1.82, 2.24) is 4.98 Å². The van der Waals surface area contributed by atoms with Crippen LogP contribution in [0.3, 0.4) is 0 Å². The predicted octanol–water partition coefficient (Wildman–Crippen LogP) is 2.64. The van der Waals surface area contributed by atoms with Crippen molar-refractivity contribution in [3.63, 3.8) is 0 Å². The molecule has 0 spiro atoms. The quantitative estimate of drug-likeness (QED) is 0.639. The van der Waals surface area contributed by atoms with Gasteiger partial charge in [0.2, 0.25) is 0 Å². The standard InChI is InChI=1S/C12H10ClNO3S/c13-12-7-6-10(8-14-12)9-17-18(15,16)11-4-2-1-3-5-11/h1-8H,9H2. The summed E-state index contributed by atoms with van der Waals surface area (Å²) < 4.78 is 28.5. The Morgan fingerprint density at radius 3 is 2.44 bits per heavy atom. The lowest BCUT2D eigenvalue weighted by Crippen LogP contribution is -2.06. The summed E-state index contributed by atoms with van der Waals surface area (Å²) in [7, 11) is -3.73. The third kappa shape index (κ3) is 3.29. The van der Waals surface area contributed by atoms with Gasteiger partial charge in [-0.2, -0.15) is 8.42 Å². The second-order valence-electron chi connectivity index (χ2n) is 3.52. The topological polar surface area (TPSA) is 56.3 Å². The van der Waals surface area contributed by atoms with Gasteiger partial charge in [0.05, 0.1) is 11.5 Å². The Morgan fingerprint density at radius 2 is 1.83 bits per heavy atom. The van der Waals surface area contributed by atoms with Crippen LogP contribution in [0.2, 0.25) is 5.15 Å². The Kier molecular flexibility index (Phi) is 3.96. The van der Waals surface area contributed by atoms with Gasteiger partial charge in [-0.25, -0.2) is 4.98 Å². The molecule has 0 aliphatic rings. The van der Waals surface area contributed by atoms with Gasteiger partial charge < -0.3 is 0 Å². The monoisotopic (exact) mass is 283 g/mol. The van der Waals surface area contributed by atoms with Crippen LogP contribution in [-0.4, -0.2) is 13.4 Å². The van der Waals surface area contributed by atoms with E-state index in [1.165, 1.54) is 18.3 Å². The molecule has 0 radical (unpaired) electrons. The maximum Gasteiger partial charge on any atom is 0.297 e. The second-order valence-corrected chi connectivity index (χ2v) is 5.52. The number of hydrogen-bond donors (Lipinski definition) is 0. The van der Waals surface area contributed by atoms with Crippen LogP contribution in [0.1, 0.15) is 5.56 Å². The van der Waals surface area contributed by atoms with Gasteiger partial charge in [-0.3, -0.25) is 4.18 Å². The Morgan fingerprint density at radius 1 is 1.11 bits per heavy atom. The summed E-state index contributed by atoms with van der Waals surface area (Å²) in [6.45, 7) is -0.0681. The highest BCUT2D eigenvalue weighted by atomic mass is 35.5. The van der Waals surface area contributed by atoms with Crippen LogP contribution in [0.15, 0.2) is 53.6 Å². The molecule has 18 heavy (non-hydrogen) atoms. The van der Waals surface area contributed by atoms with Crippen molar-refractivity contribution in [2.45, 2.75) is 11.5 Å². The fraction of sp³-hybridized carbons (Fsp3) is 0.0833. The SMILES string of the molecule is O=S(=O)(OCc1ccc(Cl)nc1)c1ccccc1. The van der Waals surface area contributed by atoms with Crippen LogP contribution in [0.4, 0.5) is 0 Å². The normalized spacial score (nSPS) is 11.4. The fourth-order valence-electron chi connectivity index (χ4n) is 1.29. The number of halogens is 1. The Bertz CT molecular complexity index is 612. The molecular weight excluding hydrogens is 274 g/mol. The molecule has 0 saturated heterocycles. The average Bonchev–Trinajstić information content (AvgIpc) is 2.39. The van der Waals surface area contributed by atoms with Crippen molar-refractivity contribution in [2.24, 2.45) is 0 Å². The van der Waals surface area contributed by atoms with Gasteiger partial charge in [-0.05, 0) is 23.8 Å². The minimum absolute atomic E-state index is 0.0681. The molecule has 2 rings (SSSR count). The van der Waals surface area contributed by atoms with E-state index in [0.29, 0.717) is 10.7 Å². The molecule has 94 valence electrons. The van der Waals surface area contributed by atoms with Crippen molar-refractivity contribution < 1.29 is 12.6 Å². The van der Waals surface area contributed by atoms with E-state index in [1.54, 1.807) is 30.3 Å². The zero-order valence-corrected chi connectivity index (χ0v) is 10.9. The van der Waals surface area contributed by atoms with E-state index in [-0.39, 0.29) is 11.5 Å². The highest BCUT2D eigenvalue weighted by Crippen LogP contribution is 2.14. The Labute approximate surface area is 110 Å². The van der Waals surface area contributed by atoms with Crippen LogP contribution < -0.4 is 0 Å². The summed E-state index contributed by atoms with van der Waals surface area (Å²) in [6, 6.07) is 11.2. The van der Waals surface area contributed by atoms with E-state index >= 15 is 0 Å². The first-order valence-corrected chi connectivity index (χ1v) is 6.91. The summed E-state index contributed by atoms with van der Waals surface area (Å²) in [5.74, 6) is 0. The minimum atomic E-state index is -3.73. The summed E-state index contributed by atoms with van der Waals surface area (Å²) in [5, 5.41) is 0.352. The fourth-order valence-corrected chi connectivity index (χ4v) is 2.32.